The van der Waals surface area contributed by atoms with Gasteiger partial charge in [0.25, 0.3) is 0 Å². The fourth-order valence-corrected chi connectivity index (χ4v) is 1.77. The number of hydrogen-bond acceptors (Lipinski definition) is 3. The average molecular weight is 236 g/mol. The van der Waals surface area contributed by atoms with Crippen molar-refractivity contribution in [1.82, 2.24) is 10.6 Å². The molecule has 1 aromatic heterocycles. The molecule has 94 valence electrons. The Balaban J connectivity index is 1.84. The van der Waals surface area contributed by atoms with Crippen molar-refractivity contribution in [2.75, 3.05) is 0 Å². The summed E-state index contributed by atoms with van der Waals surface area (Å²) in [4.78, 5) is 11.8. The van der Waals surface area contributed by atoms with Gasteiger partial charge in [0.05, 0.1) is 12.1 Å². The first kappa shape index (κ1) is 12.2. The molecule has 4 nitrogen and oxygen atoms in total. The van der Waals surface area contributed by atoms with Gasteiger partial charge in [0.2, 0.25) is 5.91 Å². The molecule has 1 aliphatic carbocycles. The maximum Gasteiger partial charge on any atom is 0.237 e. The Morgan fingerprint density at radius 1 is 1.41 bits per heavy atom. The van der Waals surface area contributed by atoms with Gasteiger partial charge in [-0.1, -0.05) is 0 Å². The summed E-state index contributed by atoms with van der Waals surface area (Å²) in [6, 6.07) is 4.13. The van der Waals surface area contributed by atoms with Crippen LogP contribution in [-0.4, -0.2) is 18.0 Å². The maximum atomic E-state index is 11.8. The van der Waals surface area contributed by atoms with Gasteiger partial charge in [-0.05, 0) is 45.7 Å². The number of carbonyl (C=O) groups is 1. The molecular formula is C13H20N2O2. The van der Waals surface area contributed by atoms with Crippen LogP contribution in [0.25, 0.3) is 0 Å². The molecule has 1 fully saturated rings. The van der Waals surface area contributed by atoms with Gasteiger partial charge in [0.1, 0.15) is 11.5 Å². The molecule has 1 aliphatic rings. The fraction of sp³-hybridized carbons (Fsp3) is 0.615. The molecule has 0 spiro atoms. The molecule has 0 bridgehead atoms. The van der Waals surface area contributed by atoms with Crippen molar-refractivity contribution in [2.24, 2.45) is 0 Å². The largest absolute Gasteiger partial charge is 0.465 e. The van der Waals surface area contributed by atoms with Crippen molar-refractivity contribution in [2.45, 2.75) is 51.7 Å². The lowest BCUT2D eigenvalue weighted by Gasteiger charge is -2.18. The summed E-state index contributed by atoms with van der Waals surface area (Å²) in [5.74, 6) is 1.83. The second-order valence-corrected chi connectivity index (χ2v) is 4.84. The molecule has 0 saturated heterocycles. The summed E-state index contributed by atoms with van der Waals surface area (Å²) in [6.07, 6.45) is 2.23. The quantitative estimate of drug-likeness (QED) is 0.821. The van der Waals surface area contributed by atoms with E-state index >= 15 is 0 Å². The molecule has 17 heavy (non-hydrogen) atoms. The minimum absolute atomic E-state index is 0.0450. The predicted molar refractivity (Wildman–Crippen MR) is 65.6 cm³/mol. The second-order valence-electron chi connectivity index (χ2n) is 4.84. The summed E-state index contributed by atoms with van der Waals surface area (Å²) < 4.78 is 5.53. The van der Waals surface area contributed by atoms with Gasteiger partial charge in [-0.25, -0.2) is 0 Å². The molecule has 0 aromatic carbocycles. The van der Waals surface area contributed by atoms with Crippen molar-refractivity contribution in [3.05, 3.63) is 23.7 Å². The summed E-state index contributed by atoms with van der Waals surface area (Å²) in [5, 5.41) is 6.22. The highest BCUT2D eigenvalue weighted by Crippen LogP contribution is 2.19. The minimum atomic E-state index is -0.198. The van der Waals surface area contributed by atoms with Crippen LogP contribution in [0.4, 0.5) is 0 Å². The first-order valence-electron chi connectivity index (χ1n) is 6.19. The molecule has 1 aromatic rings. The van der Waals surface area contributed by atoms with Gasteiger partial charge in [-0.15, -0.1) is 0 Å². The Labute approximate surface area is 102 Å². The smallest absolute Gasteiger partial charge is 0.237 e. The molecule has 2 N–H and O–H groups in total. The normalized spacial score (nSPS) is 18.8. The summed E-state index contributed by atoms with van der Waals surface area (Å²) in [5.41, 5.74) is 0. The van der Waals surface area contributed by atoms with Crippen LogP contribution in [0, 0.1) is 6.92 Å². The number of hydrogen-bond donors (Lipinski definition) is 2. The van der Waals surface area contributed by atoms with Gasteiger partial charge in [-0.3, -0.25) is 10.1 Å². The van der Waals surface area contributed by atoms with Crippen LogP contribution in [0.5, 0.6) is 0 Å². The van der Waals surface area contributed by atoms with Crippen LogP contribution >= 0.6 is 0 Å². The average Bonchev–Trinajstić information content (AvgIpc) is 2.97. The Morgan fingerprint density at radius 2 is 2.12 bits per heavy atom. The van der Waals surface area contributed by atoms with Crippen molar-refractivity contribution >= 4 is 5.91 Å². The van der Waals surface area contributed by atoms with Crippen LogP contribution in [0.3, 0.4) is 0 Å². The van der Waals surface area contributed by atoms with E-state index in [0.717, 1.165) is 24.4 Å². The molecule has 2 atom stereocenters. The van der Waals surface area contributed by atoms with Crippen molar-refractivity contribution < 1.29 is 9.21 Å². The molecule has 1 heterocycles. The first-order chi connectivity index (χ1) is 8.06. The lowest BCUT2D eigenvalue weighted by atomic mass is 10.2. The first-order valence-corrected chi connectivity index (χ1v) is 6.19. The lowest BCUT2D eigenvalue weighted by Crippen LogP contribution is -2.43. The molecular weight excluding hydrogens is 216 g/mol. The van der Waals surface area contributed by atoms with Crippen LogP contribution in [0.1, 0.15) is 44.3 Å². The van der Waals surface area contributed by atoms with E-state index < -0.39 is 0 Å². The van der Waals surface area contributed by atoms with E-state index in [2.05, 4.69) is 10.6 Å². The third-order valence-corrected chi connectivity index (χ3v) is 3.00. The number of aryl methyl sites for hydroxylation is 1. The molecule has 1 saturated carbocycles. The van der Waals surface area contributed by atoms with Gasteiger partial charge >= 0.3 is 0 Å². The van der Waals surface area contributed by atoms with E-state index in [9.17, 15) is 4.79 Å². The van der Waals surface area contributed by atoms with E-state index in [1.165, 1.54) is 0 Å². The molecule has 2 rings (SSSR count). The zero-order chi connectivity index (χ0) is 12.4. The Hall–Kier alpha value is -1.29. The number of amides is 1. The zero-order valence-corrected chi connectivity index (χ0v) is 10.6. The highest BCUT2D eigenvalue weighted by Gasteiger charge is 2.26. The summed E-state index contributed by atoms with van der Waals surface area (Å²) >= 11 is 0. The van der Waals surface area contributed by atoms with Crippen molar-refractivity contribution in [3.63, 3.8) is 0 Å². The van der Waals surface area contributed by atoms with Crippen molar-refractivity contribution in [1.29, 1.82) is 0 Å². The summed E-state index contributed by atoms with van der Waals surface area (Å²) in [6.45, 7) is 5.79. The third kappa shape index (κ3) is 3.33. The Morgan fingerprint density at radius 3 is 2.65 bits per heavy atom. The van der Waals surface area contributed by atoms with E-state index in [4.69, 9.17) is 4.42 Å². The molecule has 2 unspecified atom stereocenters. The minimum Gasteiger partial charge on any atom is -0.465 e. The van der Waals surface area contributed by atoms with E-state index in [1.54, 1.807) is 0 Å². The molecule has 0 radical (unpaired) electrons. The fourth-order valence-electron chi connectivity index (χ4n) is 1.77. The van der Waals surface area contributed by atoms with E-state index in [0.29, 0.717) is 6.04 Å². The monoisotopic (exact) mass is 236 g/mol. The second kappa shape index (κ2) is 4.92. The zero-order valence-electron chi connectivity index (χ0n) is 10.6. The third-order valence-electron chi connectivity index (χ3n) is 3.00. The van der Waals surface area contributed by atoms with Crippen LogP contribution in [-0.2, 0) is 4.79 Å². The lowest BCUT2D eigenvalue weighted by molar-refractivity contribution is -0.123. The number of carbonyl (C=O) groups excluding carboxylic acids is 1. The maximum absolute atomic E-state index is 11.8. The van der Waals surface area contributed by atoms with Crippen LogP contribution in [0.2, 0.25) is 0 Å². The van der Waals surface area contributed by atoms with E-state index in [1.807, 2.05) is 32.9 Å². The van der Waals surface area contributed by atoms with Crippen LogP contribution < -0.4 is 10.6 Å². The van der Waals surface area contributed by atoms with Gasteiger partial charge in [0, 0.05) is 6.04 Å². The Kier molecular flexibility index (Phi) is 3.52. The number of rotatable bonds is 5. The molecule has 1 amide bonds. The standard InChI is InChI=1S/C13H20N2O2/c1-8-4-7-12(17-8)9(2)14-10(3)13(16)15-11-5-6-11/h4,7,9-11,14H,5-6H2,1-3H3,(H,15,16). The van der Waals surface area contributed by atoms with Crippen molar-refractivity contribution in [3.8, 4) is 0 Å². The van der Waals surface area contributed by atoms with Gasteiger partial charge < -0.3 is 9.73 Å². The highest BCUT2D eigenvalue weighted by atomic mass is 16.3. The number of nitrogens with one attached hydrogen (secondary N) is 2. The predicted octanol–water partition coefficient (Wildman–Crippen LogP) is 1.91. The molecule has 4 heteroatoms. The Bertz CT molecular complexity index is 396. The molecule has 0 aliphatic heterocycles. The number of furan rings is 1. The van der Waals surface area contributed by atoms with Crippen LogP contribution in [0.15, 0.2) is 16.5 Å². The van der Waals surface area contributed by atoms with E-state index in [-0.39, 0.29) is 18.0 Å². The highest BCUT2D eigenvalue weighted by molar-refractivity contribution is 5.81. The van der Waals surface area contributed by atoms with Gasteiger partial charge in [-0.2, -0.15) is 0 Å². The van der Waals surface area contributed by atoms with Gasteiger partial charge in [0.15, 0.2) is 0 Å². The SMILES string of the molecule is Cc1ccc(C(C)NC(C)C(=O)NC2CC2)o1. The topological polar surface area (TPSA) is 54.3 Å². The summed E-state index contributed by atoms with van der Waals surface area (Å²) in [7, 11) is 0.